The van der Waals surface area contributed by atoms with Gasteiger partial charge in [0, 0.05) is 17.7 Å². The van der Waals surface area contributed by atoms with Crippen LogP contribution < -0.4 is 10.5 Å². The Morgan fingerprint density at radius 2 is 1.75 bits per heavy atom. The van der Waals surface area contributed by atoms with Gasteiger partial charge in [-0.25, -0.2) is 0 Å². The van der Waals surface area contributed by atoms with E-state index in [9.17, 15) is 4.79 Å². The van der Waals surface area contributed by atoms with E-state index in [2.05, 4.69) is 0 Å². The number of rotatable bonds is 4. The van der Waals surface area contributed by atoms with Gasteiger partial charge in [0.25, 0.3) is 0 Å². The molecule has 0 fully saturated rings. The molecule has 2 aromatic rings. The Bertz CT molecular complexity index is 630. The molecule has 0 unspecified atom stereocenters. The van der Waals surface area contributed by atoms with Crippen LogP contribution in [0.5, 0.6) is 5.75 Å². The second-order valence-electron chi connectivity index (χ2n) is 4.98. The Kier molecular flexibility index (Phi) is 4.08. The van der Waals surface area contributed by atoms with Gasteiger partial charge in [0.15, 0.2) is 5.78 Å². The molecule has 0 bridgehead atoms. The van der Waals surface area contributed by atoms with Crippen LogP contribution in [0.4, 0.5) is 5.69 Å². The summed E-state index contributed by atoms with van der Waals surface area (Å²) in [5.41, 5.74) is 9.98. The van der Waals surface area contributed by atoms with E-state index in [1.807, 2.05) is 50.2 Å². The highest BCUT2D eigenvalue weighted by Gasteiger charge is 2.12. The molecule has 3 heteroatoms. The van der Waals surface area contributed by atoms with Crippen LogP contribution >= 0.6 is 0 Å². The van der Waals surface area contributed by atoms with Crippen molar-refractivity contribution in [2.45, 2.75) is 20.3 Å². The van der Waals surface area contributed by atoms with Crippen LogP contribution in [0, 0.1) is 13.8 Å². The van der Waals surface area contributed by atoms with Gasteiger partial charge in [0.1, 0.15) is 5.75 Å². The molecule has 0 saturated carbocycles. The first-order valence-electron chi connectivity index (χ1n) is 6.54. The summed E-state index contributed by atoms with van der Waals surface area (Å²) in [6.07, 6.45) is 0.382. The minimum Gasteiger partial charge on any atom is -0.496 e. The number of Topliss-reactive ketones (excluding diaryl/α,β-unsaturated/α-hetero) is 1. The maximum atomic E-state index is 12.4. The summed E-state index contributed by atoms with van der Waals surface area (Å²) in [5.74, 6) is 0.921. The average molecular weight is 269 g/mol. The number of ketones is 1. The summed E-state index contributed by atoms with van der Waals surface area (Å²) in [7, 11) is 1.64. The standard InChI is InChI=1S/C17H19NO2/c1-11-9-17(20-3)12(2)8-15(11)16(19)10-13-4-6-14(18)7-5-13/h4-9H,10,18H2,1-3H3. The summed E-state index contributed by atoms with van der Waals surface area (Å²) >= 11 is 0. The number of benzene rings is 2. The molecular weight excluding hydrogens is 250 g/mol. The molecule has 0 saturated heterocycles. The molecule has 0 aromatic heterocycles. The van der Waals surface area contributed by atoms with E-state index in [0.29, 0.717) is 12.1 Å². The van der Waals surface area contributed by atoms with Crippen LogP contribution in [0.15, 0.2) is 36.4 Å². The summed E-state index contributed by atoms with van der Waals surface area (Å²) in [6.45, 7) is 3.87. The molecule has 0 radical (unpaired) electrons. The van der Waals surface area contributed by atoms with Crippen LogP contribution in [-0.4, -0.2) is 12.9 Å². The molecule has 0 atom stereocenters. The molecule has 20 heavy (non-hydrogen) atoms. The number of nitrogens with two attached hydrogens (primary N) is 1. The second kappa shape index (κ2) is 5.78. The van der Waals surface area contributed by atoms with Crippen molar-refractivity contribution in [2.75, 3.05) is 12.8 Å². The average Bonchev–Trinajstić information content (AvgIpc) is 2.43. The molecule has 0 spiro atoms. The lowest BCUT2D eigenvalue weighted by Crippen LogP contribution is -2.07. The SMILES string of the molecule is COc1cc(C)c(C(=O)Cc2ccc(N)cc2)cc1C. The fraction of sp³-hybridized carbons (Fsp3) is 0.235. The minimum absolute atomic E-state index is 0.109. The fourth-order valence-corrected chi connectivity index (χ4v) is 2.23. The summed E-state index contributed by atoms with van der Waals surface area (Å²) in [6, 6.07) is 11.2. The monoisotopic (exact) mass is 269 g/mol. The van der Waals surface area contributed by atoms with Crippen molar-refractivity contribution >= 4 is 11.5 Å². The van der Waals surface area contributed by atoms with E-state index in [1.165, 1.54) is 0 Å². The lowest BCUT2D eigenvalue weighted by molar-refractivity contribution is 0.0992. The number of anilines is 1. The summed E-state index contributed by atoms with van der Waals surface area (Å²) < 4.78 is 5.27. The first-order valence-corrected chi connectivity index (χ1v) is 6.54. The van der Waals surface area contributed by atoms with Gasteiger partial charge in [-0.15, -0.1) is 0 Å². The first-order chi connectivity index (χ1) is 9.51. The molecule has 0 aliphatic rings. The molecular formula is C17H19NO2. The molecule has 0 aliphatic heterocycles. The van der Waals surface area contributed by atoms with Crippen molar-refractivity contribution in [1.82, 2.24) is 0 Å². The maximum absolute atomic E-state index is 12.4. The summed E-state index contributed by atoms with van der Waals surface area (Å²) in [4.78, 5) is 12.4. The van der Waals surface area contributed by atoms with Gasteiger partial charge < -0.3 is 10.5 Å². The van der Waals surface area contributed by atoms with Gasteiger partial charge >= 0.3 is 0 Å². The Morgan fingerprint density at radius 1 is 1.10 bits per heavy atom. The van der Waals surface area contributed by atoms with E-state index in [4.69, 9.17) is 10.5 Å². The number of nitrogen functional groups attached to an aromatic ring is 1. The smallest absolute Gasteiger partial charge is 0.167 e. The number of methoxy groups -OCH3 is 1. The molecule has 0 amide bonds. The molecule has 2 rings (SSSR count). The maximum Gasteiger partial charge on any atom is 0.167 e. The molecule has 2 aromatic carbocycles. The van der Waals surface area contributed by atoms with E-state index < -0.39 is 0 Å². The molecule has 104 valence electrons. The highest BCUT2D eigenvalue weighted by atomic mass is 16.5. The predicted molar refractivity (Wildman–Crippen MR) is 81.4 cm³/mol. The van der Waals surface area contributed by atoms with Crippen LogP contribution in [0.1, 0.15) is 27.0 Å². The largest absolute Gasteiger partial charge is 0.496 e. The van der Waals surface area contributed by atoms with Crippen molar-refractivity contribution in [3.63, 3.8) is 0 Å². The van der Waals surface area contributed by atoms with Crippen molar-refractivity contribution < 1.29 is 9.53 Å². The van der Waals surface area contributed by atoms with Crippen LogP contribution in [-0.2, 0) is 6.42 Å². The highest BCUT2D eigenvalue weighted by Crippen LogP contribution is 2.23. The molecule has 0 heterocycles. The van der Waals surface area contributed by atoms with E-state index >= 15 is 0 Å². The molecule has 0 aliphatic carbocycles. The van der Waals surface area contributed by atoms with E-state index in [1.54, 1.807) is 7.11 Å². The van der Waals surface area contributed by atoms with E-state index in [-0.39, 0.29) is 5.78 Å². The third-order valence-corrected chi connectivity index (χ3v) is 3.39. The lowest BCUT2D eigenvalue weighted by Gasteiger charge is -2.10. The first kappa shape index (κ1) is 14.1. The Labute approximate surface area is 119 Å². The fourth-order valence-electron chi connectivity index (χ4n) is 2.23. The van der Waals surface area contributed by atoms with Crippen LogP contribution in [0.2, 0.25) is 0 Å². The second-order valence-corrected chi connectivity index (χ2v) is 4.98. The van der Waals surface area contributed by atoms with Crippen molar-refractivity contribution in [2.24, 2.45) is 0 Å². The minimum atomic E-state index is 0.109. The van der Waals surface area contributed by atoms with E-state index in [0.717, 1.165) is 28.0 Å². The Balaban J connectivity index is 2.25. The van der Waals surface area contributed by atoms with Gasteiger partial charge in [0.05, 0.1) is 7.11 Å². The number of aryl methyl sites for hydroxylation is 2. The normalized spacial score (nSPS) is 10.3. The lowest BCUT2D eigenvalue weighted by atomic mass is 9.97. The van der Waals surface area contributed by atoms with Gasteiger partial charge in [-0.05, 0) is 54.8 Å². The predicted octanol–water partition coefficient (Wildman–Crippen LogP) is 3.32. The number of hydrogen-bond donors (Lipinski definition) is 1. The van der Waals surface area contributed by atoms with Gasteiger partial charge in [-0.2, -0.15) is 0 Å². The van der Waals surface area contributed by atoms with Crippen LogP contribution in [0.25, 0.3) is 0 Å². The number of hydrogen-bond acceptors (Lipinski definition) is 3. The van der Waals surface area contributed by atoms with Crippen molar-refractivity contribution in [1.29, 1.82) is 0 Å². The third-order valence-electron chi connectivity index (χ3n) is 3.39. The van der Waals surface area contributed by atoms with Crippen LogP contribution in [0.3, 0.4) is 0 Å². The zero-order chi connectivity index (χ0) is 14.7. The van der Waals surface area contributed by atoms with Crippen molar-refractivity contribution in [3.8, 4) is 5.75 Å². The van der Waals surface area contributed by atoms with Crippen molar-refractivity contribution in [3.05, 3.63) is 58.7 Å². The Hall–Kier alpha value is -2.29. The number of ether oxygens (including phenoxy) is 1. The van der Waals surface area contributed by atoms with Gasteiger partial charge in [-0.1, -0.05) is 12.1 Å². The molecule has 2 N–H and O–H groups in total. The van der Waals surface area contributed by atoms with Gasteiger partial charge in [-0.3, -0.25) is 4.79 Å². The van der Waals surface area contributed by atoms with Gasteiger partial charge in [0.2, 0.25) is 0 Å². The third kappa shape index (κ3) is 2.99. The summed E-state index contributed by atoms with van der Waals surface area (Å²) in [5, 5.41) is 0. The quantitative estimate of drug-likeness (QED) is 0.684. The topological polar surface area (TPSA) is 52.3 Å². The number of carbonyl (C=O) groups is 1. The number of carbonyl (C=O) groups excluding carboxylic acids is 1. The molecule has 3 nitrogen and oxygen atoms in total. The Morgan fingerprint density at radius 3 is 2.35 bits per heavy atom. The zero-order valence-corrected chi connectivity index (χ0v) is 12.1. The zero-order valence-electron chi connectivity index (χ0n) is 12.1. The highest BCUT2D eigenvalue weighted by molar-refractivity contribution is 5.99.